The van der Waals surface area contributed by atoms with Crippen LogP contribution < -0.4 is 5.32 Å². The highest BCUT2D eigenvalue weighted by molar-refractivity contribution is 6.39. The largest absolute Gasteiger partial charge is 0.360 e. The number of carbonyl (C=O) groups excluding carboxylic acids is 1. The summed E-state index contributed by atoms with van der Waals surface area (Å²) in [6, 6.07) is 5.22. The fourth-order valence-corrected chi connectivity index (χ4v) is 4.27. The van der Waals surface area contributed by atoms with Gasteiger partial charge in [-0.25, -0.2) is 0 Å². The maximum Gasteiger partial charge on any atom is 0.259 e. The predicted octanol–water partition coefficient (Wildman–Crippen LogP) is 3.25. The number of halogens is 2. The smallest absolute Gasteiger partial charge is 0.259 e. The number of likely N-dealkylation sites (tertiary alicyclic amines) is 1. The molecule has 0 unspecified atom stereocenters. The SMILES string of the molecule is Cc1onc(-c2c(Cl)cccc2Cl)c1C(=O)N1C[C@H]2CNC[C@H]2C1. The van der Waals surface area contributed by atoms with Crippen molar-refractivity contribution in [2.75, 3.05) is 26.2 Å². The molecule has 0 radical (unpaired) electrons. The molecule has 2 atom stereocenters. The van der Waals surface area contributed by atoms with Gasteiger partial charge in [-0.3, -0.25) is 4.79 Å². The first kappa shape index (κ1) is 15.9. The Bertz CT molecular complexity index is 773. The zero-order valence-electron chi connectivity index (χ0n) is 13.2. The van der Waals surface area contributed by atoms with E-state index in [-0.39, 0.29) is 5.91 Å². The van der Waals surface area contributed by atoms with Crippen molar-refractivity contribution < 1.29 is 9.32 Å². The Morgan fingerprint density at radius 1 is 1.25 bits per heavy atom. The standard InChI is InChI=1S/C17H17Cl2N3O2/c1-9-14(17(23)22-7-10-5-20-6-11(10)8-22)16(21-24-9)15-12(18)3-2-4-13(15)19/h2-4,10-11,20H,5-8H2,1H3/t10-,11+. The third-order valence-electron chi connectivity index (χ3n) is 4.95. The molecule has 5 nitrogen and oxygen atoms in total. The van der Waals surface area contributed by atoms with Crippen LogP contribution in [0.4, 0.5) is 0 Å². The average molecular weight is 366 g/mol. The van der Waals surface area contributed by atoms with Gasteiger partial charge >= 0.3 is 0 Å². The number of amides is 1. The minimum atomic E-state index is -0.0610. The monoisotopic (exact) mass is 365 g/mol. The van der Waals surface area contributed by atoms with Gasteiger partial charge in [0, 0.05) is 31.7 Å². The third-order valence-corrected chi connectivity index (χ3v) is 5.58. The summed E-state index contributed by atoms with van der Waals surface area (Å²) in [6.07, 6.45) is 0. The maximum atomic E-state index is 13.1. The van der Waals surface area contributed by atoms with Crippen molar-refractivity contribution in [2.24, 2.45) is 11.8 Å². The number of hydrogen-bond acceptors (Lipinski definition) is 4. The van der Waals surface area contributed by atoms with Crippen LogP contribution in [0.1, 0.15) is 16.1 Å². The molecule has 2 fully saturated rings. The molecule has 0 aliphatic carbocycles. The van der Waals surface area contributed by atoms with Crippen LogP contribution in [0.15, 0.2) is 22.7 Å². The molecular weight excluding hydrogens is 349 g/mol. The van der Waals surface area contributed by atoms with E-state index in [1.54, 1.807) is 25.1 Å². The van der Waals surface area contributed by atoms with E-state index in [1.165, 1.54) is 0 Å². The summed E-state index contributed by atoms with van der Waals surface area (Å²) < 4.78 is 5.31. The van der Waals surface area contributed by atoms with Gasteiger partial charge in [0.05, 0.1) is 10.0 Å². The Morgan fingerprint density at radius 2 is 1.88 bits per heavy atom. The van der Waals surface area contributed by atoms with Crippen LogP contribution in [0, 0.1) is 18.8 Å². The number of carbonyl (C=O) groups is 1. The van der Waals surface area contributed by atoms with Gasteiger partial charge in [-0.05, 0) is 30.9 Å². The zero-order chi connectivity index (χ0) is 16.8. The van der Waals surface area contributed by atoms with Crippen LogP contribution in [-0.2, 0) is 0 Å². The minimum absolute atomic E-state index is 0.0610. The van der Waals surface area contributed by atoms with E-state index in [1.807, 2.05) is 4.90 Å². The third kappa shape index (κ3) is 2.51. The molecule has 0 spiro atoms. The van der Waals surface area contributed by atoms with Crippen LogP contribution in [-0.4, -0.2) is 42.1 Å². The molecule has 7 heteroatoms. The average Bonchev–Trinajstić information content (AvgIpc) is 3.21. The first-order valence-electron chi connectivity index (χ1n) is 7.97. The fraction of sp³-hybridized carbons (Fsp3) is 0.412. The lowest BCUT2D eigenvalue weighted by atomic mass is 10.0. The lowest BCUT2D eigenvalue weighted by molar-refractivity contribution is 0.0780. The van der Waals surface area contributed by atoms with Crippen molar-refractivity contribution in [1.29, 1.82) is 0 Å². The quantitative estimate of drug-likeness (QED) is 0.887. The molecule has 2 aromatic rings. The molecule has 2 aliphatic heterocycles. The van der Waals surface area contributed by atoms with E-state index < -0.39 is 0 Å². The number of nitrogens with one attached hydrogen (secondary N) is 1. The highest BCUT2D eigenvalue weighted by atomic mass is 35.5. The summed E-state index contributed by atoms with van der Waals surface area (Å²) in [5.41, 5.74) is 1.42. The van der Waals surface area contributed by atoms with Gasteiger partial charge in [0.2, 0.25) is 0 Å². The normalized spacial score (nSPS) is 22.9. The molecule has 1 aromatic heterocycles. The summed E-state index contributed by atoms with van der Waals surface area (Å²) in [7, 11) is 0. The molecule has 1 amide bonds. The number of aromatic nitrogens is 1. The van der Waals surface area contributed by atoms with Crippen LogP contribution in [0.3, 0.4) is 0 Å². The van der Waals surface area contributed by atoms with Crippen LogP contribution in [0.25, 0.3) is 11.3 Å². The molecular formula is C17H17Cl2N3O2. The van der Waals surface area contributed by atoms with Gasteiger partial charge < -0.3 is 14.7 Å². The number of hydrogen-bond donors (Lipinski definition) is 1. The first-order valence-corrected chi connectivity index (χ1v) is 8.72. The van der Waals surface area contributed by atoms with Gasteiger partial charge in [-0.15, -0.1) is 0 Å². The van der Waals surface area contributed by atoms with E-state index in [2.05, 4.69) is 10.5 Å². The van der Waals surface area contributed by atoms with E-state index in [0.29, 0.717) is 44.5 Å². The van der Waals surface area contributed by atoms with Gasteiger partial charge in [-0.2, -0.15) is 0 Å². The Hall–Kier alpha value is -1.56. The van der Waals surface area contributed by atoms with Crippen molar-refractivity contribution in [3.8, 4) is 11.3 Å². The van der Waals surface area contributed by atoms with Gasteiger partial charge in [0.25, 0.3) is 5.91 Å². The van der Waals surface area contributed by atoms with Gasteiger partial charge in [-0.1, -0.05) is 34.4 Å². The lowest BCUT2D eigenvalue weighted by Gasteiger charge is -2.18. The Morgan fingerprint density at radius 3 is 2.50 bits per heavy atom. The van der Waals surface area contributed by atoms with Crippen molar-refractivity contribution in [2.45, 2.75) is 6.92 Å². The van der Waals surface area contributed by atoms with Crippen LogP contribution in [0.5, 0.6) is 0 Å². The van der Waals surface area contributed by atoms with Crippen molar-refractivity contribution >= 4 is 29.1 Å². The van der Waals surface area contributed by atoms with E-state index >= 15 is 0 Å². The van der Waals surface area contributed by atoms with Crippen molar-refractivity contribution in [1.82, 2.24) is 15.4 Å². The second-order valence-corrected chi connectivity index (χ2v) is 7.26. The molecule has 126 valence electrons. The molecule has 1 aromatic carbocycles. The molecule has 3 heterocycles. The number of benzene rings is 1. The number of rotatable bonds is 2. The second-order valence-electron chi connectivity index (χ2n) is 6.45. The zero-order valence-corrected chi connectivity index (χ0v) is 14.7. The minimum Gasteiger partial charge on any atom is -0.360 e. The summed E-state index contributed by atoms with van der Waals surface area (Å²) in [4.78, 5) is 15.0. The summed E-state index contributed by atoms with van der Waals surface area (Å²) in [6.45, 7) is 5.21. The summed E-state index contributed by atoms with van der Waals surface area (Å²) in [5.74, 6) is 1.48. The molecule has 0 bridgehead atoms. The highest BCUT2D eigenvalue weighted by Crippen LogP contribution is 2.38. The van der Waals surface area contributed by atoms with Gasteiger partial charge in [0.1, 0.15) is 17.0 Å². The van der Waals surface area contributed by atoms with Crippen molar-refractivity contribution in [3.05, 3.63) is 39.6 Å². The van der Waals surface area contributed by atoms with Crippen LogP contribution >= 0.6 is 23.2 Å². The van der Waals surface area contributed by atoms with Crippen molar-refractivity contribution in [3.63, 3.8) is 0 Å². The Labute approximate surface area is 149 Å². The number of fused-ring (bicyclic) bond motifs is 1. The highest BCUT2D eigenvalue weighted by Gasteiger charge is 2.40. The van der Waals surface area contributed by atoms with E-state index in [9.17, 15) is 4.79 Å². The molecule has 1 N–H and O–H groups in total. The van der Waals surface area contributed by atoms with E-state index in [0.717, 1.165) is 26.2 Å². The molecule has 24 heavy (non-hydrogen) atoms. The second kappa shape index (κ2) is 6.06. The van der Waals surface area contributed by atoms with E-state index in [4.69, 9.17) is 27.7 Å². The van der Waals surface area contributed by atoms with Gasteiger partial charge in [0.15, 0.2) is 0 Å². The molecule has 4 rings (SSSR count). The fourth-order valence-electron chi connectivity index (χ4n) is 3.70. The Kier molecular flexibility index (Phi) is 4.03. The summed E-state index contributed by atoms with van der Waals surface area (Å²) >= 11 is 12.6. The van der Waals surface area contributed by atoms with Crippen LogP contribution in [0.2, 0.25) is 10.0 Å². The number of aryl methyl sites for hydroxylation is 1. The lowest BCUT2D eigenvalue weighted by Crippen LogP contribution is -2.32. The molecule has 2 aliphatic rings. The summed E-state index contributed by atoms with van der Waals surface area (Å²) in [5, 5.41) is 8.35. The molecule has 2 saturated heterocycles. The number of nitrogens with zero attached hydrogens (tertiary/aromatic N) is 2. The topological polar surface area (TPSA) is 58.4 Å². The first-order chi connectivity index (χ1) is 11.6. The maximum absolute atomic E-state index is 13.1. The molecule has 0 saturated carbocycles. The predicted molar refractivity (Wildman–Crippen MR) is 92.4 cm³/mol. The Balaban J connectivity index is 1.72.